The Labute approximate surface area is 177 Å². The van der Waals surface area contributed by atoms with E-state index in [1.165, 1.54) is 0 Å². The first-order chi connectivity index (χ1) is 14.5. The first-order valence-electron chi connectivity index (χ1n) is 9.73. The van der Waals surface area contributed by atoms with Gasteiger partial charge in [0.05, 0.1) is 17.3 Å². The quantitative estimate of drug-likeness (QED) is 0.683. The molecule has 0 aliphatic carbocycles. The number of aromatic nitrogens is 1. The molecule has 2 aliphatic heterocycles. The number of carbonyl (C=O) groups excluding carboxylic acids is 3. The molecule has 2 atom stereocenters. The predicted molar refractivity (Wildman–Crippen MR) is 114 cm³/mol. The molecule has 2 N–H and O–H groups in total. The topological polar surface area (TPSA) is 83.4 Å². The molecular formula is C22H20N4O3S. The van der Waals surface area contributed by atoms with Crippen LogP contribution >= 0.6 is 11.3 Å². The minimum atomic E-state index is -0.737. The van der Waals surface area contributed by atoms with Gasteiger partial charge in [-0.3, -0.25) is 14.4 Å². The Morgan fingerprint density at radius 2 is 2.07 bits per heavy atom. The summed E-state index contributed by atoms with van der Waals surface area (Å²) < 4.78 is 1.72. The van der Waals surface area contributed by atoms with Crippen molar-refractivity contribution < 1.29 is 14.4 Å². The highest BCUT2D eigenvalue weighted by atomic mass is 32.1. The minimum absolute atomic E-state index is 0.193. The van der Waals surface area contributed by atoms with Crippen molar-refractivity contribution in [3.8, 4) is 11.1 Å². The van der Waals surface area contributed by atoms with Gasteiger partial charge in [0.15, 0.2) is 0 Å². The van der Waals surface area contributed by atoms with Gasteiger partial charge >= 0.3 is 0 Å². The van der Waals surface area contributed by atoms with E-state index in [1.807, 2.05) is 29.0 Å². The van der Waals surface area contributed by atoms with Crippen molar-refractivity contribution in [2.24, 2.45) is 7.05 Å². The van der Waals surface area contributed by atoms with E-state index in [1.54, 1.807) is 52.2 Å². The van der Waals surface area contributed by atoms with Crippen molar-refractivity contribution in [3.63, 3.8) is 0 Å². The van der Waals surface area contributed by atoms with Crippen LogP contribution in [-0.2, 0) is 11.8 Å². The molecule has 3 aromatic rings. The van der Waals surface area contributed by atoms with E-state index in [0.29, 0.717) is 29.9 Å². The van der Waals surface area contributed by atoms with E-state index in [-0.39, 0.29) is 17.7 Å². The molecule has 5 rings (SSSR count). The van der Waals surface area contributed by atoms with Crippen LogP contribution in [0.1, 0.15) is 27.3 Å². The maximum atomic E-state index is 13.3. The van der Waals surface area contributed by atoms with Crippen LogP contribution < -0.4 is 10.6 Å². The van der Waals surface area contributed by atoms with Crippen molar-refractivity contribution in [2.45, 2.75) is 18.5 Å². The fourth-order valence-corrected chi connectivity index (χ4v) is 4.90. The van der Waals surface area contributed by atoms with Crippen LogP contribution in [0.25, 0.3) is 11.1 Å². The number of carbonyl (C=O) groups is 3. The molecule has 1 saturated heterocycles. The van der Waals surface area contributed by atoms with Gasteiger partial charge in [0.2, 0.25) is 5.91 Å². The van der Waals surface area contributed by atoms with E-state index in [0.717, 1.165) is 11.1 Å². The van der Waals surface area contributed by atoms with E-state index in [4.69, 9.17) is 0 Å². The minimum Gasteiger partial charge on any atom is -0.347 e. The van der Waals surface area contributed by atoms with Crippen LogP contribution in [0.5, 0.6) is 0 Å². The lowest BCUT2D eigenvalue weighted by Crippen LogP contribution is -2.51. The molecule has 1 aromatic carbocycles. The van der Waals surface area contributed by atoms with Crippen LogP contribution in [0.3, 0.4) is 0 Å². The number of fused-ring (bicyclic) bond motifs is 2. The van der Waals surface area contributed by atoms with Crippen LogP contribution in [0.2, 0.25) is 0 Å². The van der Waals surface area contributed by atoms with E-state index in [2.05, 4.69) is 10.6 Å². The summed E-state index contributed by atoms with van der Waals surface area (Å²) in [5.74, 6) is -0.725. The summed E-state index contributed by atoms with van der Waals surface area (Å²) in [6, 6.07) is 9.85. The fourth-order valence-electron chi connectivity index (χ4n) is 4.23. The molecule has 152 valence electrons. The molecule has 2 aliphatic rings. The molecule has 2 aromatic heterocycles. The Bertz CT molecular complexity index is 1150. The molecular weight excluding hydrogens is 400 g/mol. The summed E-state index contributed by atoms with van der Waals surface area (Å²) >= 11 is 1.59. The molecule has 3 amide bonds. The number of nitrogens with one attached hydrogen (secondary N) is 2. The Hall–Kier alpha value is -3.39. The Kier molecular flexibility index (Phi) is 4.43. The Morgan fingerprint density at radius 3 is 2.80 bits per heavy atom. The van der Waals surface area contributed by atoms with Gasteiger partial charge in [-0.25, -0.2) is 0 Å². The summed E-state index contributed by atoms with van der Waals surface area (Å²) in [6.07, 6.45) is 2.32. The number of nitrogens with zero attached hydrogens (tertiary/aromatic N) is 2. The van der Waals surface area contributed by atoms with Gasteiger partial charge in [-0.15, -0.1) is 0 Å². The summed E-state index contributed by atoms with van der Waals surface area (Å²) in [5.41, 5.74) is 3.47. The van der Waals surface area contributed by atoms with Crippen molar-refractivity contribution in [3.05, 3.63) is 64.6 Å². The molecule has 30 heavy (non-hydrogen) atoms. The van der Waals surface area contributed by atoms with Gasteiger partial charge in [-0.1, -0.05) is 6.07 Å². The van der Waals surface area contributed by atoms with Crippen LogP contribution in [0.4, 0.5) is 5.69 Å². The number of rotatable bonds is 3. The van der Waals surface area contributed by atoms with Crippen molar-refractivity contribution >= 4 is 34.7 Å². The molecule has 7 nitrogen and oxygen atoms in total. The van der Waals surface area contributed by atoms with Gasteiger partial charge in [-0.05, 0) is 58.6 Å². The summed E-state index contributed by atoms with van der Waals surface area (Å²) in [5, 5.41) is 9.85. The molecule has 0 spiro atoms. The van der Waals surface area contributed by atoms with Crippen molar-refractivity contribution in [2.75, 3.05) is 11.9 Å². The molecule has 0 saturated carbocycles. The second-order valence-corrected chi connectivity index (χ2v) is 8.36. The predicted octanol–water partition coefficient (Wildman–Crippen LogP) is 2.72. The SMILES string of the molecule is Cn1cccc1C(=O)N[C@H]1CCN2C(=O)c3cc(-c4ccsc4)ccc3NC(=O)[C@H]12. The van der Waals surface area contributed by atoms with Crippen molar-refractivity contribution in [1.82, 2.24) is 14.8 Å². The van der Waals surface area contributed by atoms with Gasteiger partial charge in [0.25, 0.3) is 11.8 Å². The molecule has 1 fully saturated rings. The third-order valence-corrected chi connectivity index (χ3v) is 6.47. The molecule has 0 radical (unpaired) electrons. The van der Waals surface area contributed by atoms with Crippen LogP contribution in [0.15, 0.2) is 53.4 Å². The lowest BCUT2D eigenvalue weighted by atomic mass is 10.0. The monoisotopic (exact) mass is 420 g/mol. The Morgan fingerprint density at radius 1 is 1.20 bits per heavy atom. The van der Waals surface area contributed by atoms with Gasteiger partial charge in [0, 0.05) is 19.8 Å². The molecule has 0 bridgehead atoms. The average molecular weight is 420 g/mol. The lowest BCUT2D eigenvalue weighted by Gasteiger charge is -2.25. The second-order valence-electron chi connectivity index (χ2n) is 7.58. The zero-order valence-electron chi connectivity index (χ0n) is 16.3. The zero-order chi connectivity index (χ0) is 20.8. The van der Waals surface area contributed by atoms with Crippen LogP contribution in [0, 0.1) is 0 Å². The van der Waals surface area contributed by atoms with E-state index < -0.39 is 12.1 Å². The molecule has 8 heteroatoms. The molecule has 4 heterocycles. The largest absolute Gasteiger partial charge is 0.347 e. The van der Waals surface area contributed by atoms with Gasteiger partial charge in [-0.2, -0.15) is 11.3 Å². The average Bonchev–Trinajstić information content (AvgIpc) is 3.47. The molecule has 0 unspecified atom stereocenters. The van der Waals surface area contributed by atoms with E-state index >= 15 is 0 Å². The number of hydrogen-bond donors (Lipinski definition) is 2. The maximum Gasteiger partial charge on any atom is 0.268 e. The zero-order valence-corrected chi connectivity index (χ0v) is 17.1. The third-order valence-electron chi connectivity index (χ3n) is 5.78. The fraction of sp³-hybridized carbons (Fsp3) is 0.227. The number of aryl methyl sites for hydroxylation is 1. The highest BCUT2D eigenvalue weighted by Gasteiger charge is 2.45. The smallest absolute Gasteiger partial charge is 0.268 e. The third kappa shape index (κ3) is 3.00. The van der Waals surface area contributed by atoms with Crippen molar-refractivity contribution in [1.29, 1.82) is 0 Å². The van der Waals surface area contributed by atoms with E-state index in [9.17, 15) is 14.4 Å². The summed E-state index contributed by atoms with van der Waals surface area (Å²) in [7, 11) is 1.79. The number of hydrogen-bond acceptors (Lipinski definition) is 4. The van der Waals surface area contributed by atoms with Gasteiger partial charge < -0.3 is 20.1 Å². The standard InChI is InChI=1S/C22H20N4O3S/c1-25-8-2-3-18(25)20(27)24-17-6-9-26-19(17)21(28)23-16-5-4-13(11-15(16)22(26)29)14-7-10-30-12-14/h2-5,7-8,10-12,17,19H,6,9H2,1H3,(H,23,28)(H,24,27)/t17-,19-/m0/s1. The Balaban J connectivity index is 1.44. The highest BCUT2D eigenvalue weighted by Crippen LogP contribution is 2.32. The number of benzene rings is 1. The normalized spacial score (nSPS) is 20.4. The first-order valence-corrected chi connectivity index (χ1v) is 10.7. The summed E-state index contributed by atoms with van der Waals surface area (Å²) in [6.45, 7) is 0.414. The van der Waals surface area contributed by atoms with Gasteiger partial charge in [0.1, 0.15) is 11.7 Å². The number of amides is 3. The summed E-state index contributed by atoms with van der Waals surface area (Å²) in [4.78, 5) is 40.6. The number of thiophene rings is 1. The first kappa shape index (κ1) is 18.6. The number of anilines is 1. The maximum absolute atomic E-state index is 13.3. The second kappa shape index (κ2) is 7.14. The van der Waals surface area contributed by atoms with Crippen LogP contribution in [-0.4, -0.2) is 45.8 Å². The lowest BCUT2D eigenvalue weighted by molar-refractivity contribution is -0.120. The highest BCUT2D eigenvalue weighted by molar-refractivity contribution is 7.08.